The summed E-state index contributed by atoms with van der Waals surface area (Å²) in [5, 5.41) is 0. The molecule has 0 radical (unpaired) electrons. The van der Waals surface area contributed by atoms with Gasteiger partial charge >= 0.3 is 0 Å². The van der Waals surface area contributed by atoms with Gasteiger partial charge in [-0.05, 0) is 64.8 Å². The number of carbonyl (C=O) groups excluding carboxylic acids is 1. The first-order valence-electron chi connectivity index (χ1n) is 10.3. The van der Waals surface area contributed by atoms with Crippen LogP contribution in [-0.2, 0) is 4.79 Å². The molecular formula is C28H29NO. The summed E-state index contributed by atoms with van der Waals surface area (Å²) in [5.74, 6) is 0.472. The Hall–Kier alpha value is -3.39. The number of ketones is 1. The monoisotopic (exact) mass is 395 g/mol. The van der Waals surface area contributed by atoms with Gasteiger partial charge in [0.2, 0.25) is 0 Å². The molecule has 1 unspecified atom stereocenters. The molecule has 1 atom stereocenters. The fourth-order valence-electron chi connectivity index (χ4n) is 3.96. The largest absolute Gasteiger partial charge is 0.314 e. The van der Waals surface area contributed by atoms with Crippen LogP contribution in [0.15, 0.2) is 97.1 Å². The Morgan fingerprint density at radius 3 is 2.50 bits per heavy atom. The molecule has 0 amide bonds. The van der Waals surface area contributed by atoms with Crippen LogP contribution < -0.4 is 0 Å². The molecule has 0 spiro atoms. The molecular weight excluding hydrogens is 366 g/mol. The first-order valence-corrected chi connectivity index (χ1v) is 10.3. The highest BCUT2D eigenvalue weighted by Gasteiger charge is 2.22. The summed E-state index contributed by atoms with van der Waals surface area (Å²) < 4.78 is 0. The van der Waals surface area contributed by atoms with Crippen molar-refractivity contribution in [3.63, 3.8) is 0 Å². The summed E-state index contributed by atoms with van der Waals surface area (Å²) in [6.07, 6.45) is 17.0. The highest BCUT2D eigenvalue weighted by molar-refractivity contribution is 5.93. The number of rotatable bonds is 6. The maximum absolute atomic E-state index is 12.1. The van der Waals surface area contributed by atoms with Gasteiger partial charge in [0.05, 0.1) is 5.70 Å². The summed E-state index contributed by atoms with van der Waals surface area (Å²) in [5.41, 5.74) is 8.27. The van der Waals surface area contributed by atoms with E-state index in [0.717, 1.165) is 28.8 Å². The Kier molecular flexibility index (Phi) is 6.37. The molecule has 0 fully saturated rings. The lowest BCUT2D eigenvalue weighted by Gasteiger charge is -2.29. The molecule has 0 N–H and O–H groups in total. The SMILES string of the molecule is C=Cc1ccc(C2=C(C3=CN(/C(=C\C)C(C)=O)C(=C)C=C3)C=CC(C)C2)cc1C=C. The number of benzene rings is 1. The van der Waals surface area contributed by atoms with Crippen molar-refractivity contribution in [2.24, 2.45) is 5.92 Å². The fourth-order valence-corrected chi connectivity index (χ4v) is 3.96. The topological polar surface area (TPSA) is 20.3 Å². The zero-order chi connectivity index (χ0) is 21.8. The Labute approximate surface area is 180 Å². The number of Topliss-reactive ketones (excluding diaryl/α,β-unsaturated/α-hetero) is 1. The van der Waals surface area contributed by atoms with Crippen molar-refractivity contribution >= 4 is 23.5 Å². The predicted molar refractivity (Wildman–Crippen MR) is 129 cm³/mol. The van der Waals surface area contributed by atoms with Crippen LogP contribution in [0.2, 0.25) is 0 Å². The minimum absolute atomic E-state index is 0.0159. The highest BCUT2D eigenvalue weighted by Crippen LogP contribution is 2.38. The van der Waals surface area contributed by atoms with E-state index in [-0.39, 0.29) is 5.78 Å². The number of allylic oxidation sites excluding steroid dienone is 9. The number of carbonyl (C=O) groups is 1. The van der Waals surface area contributed by atoms with Gasteiger partial charge in [0, 0.05) is 18.8 Å². The molecule has 0 bridgehead atoms. The maximum Gasteiger partial charge on any atom is 0.176 e. The number of hydrogen-bond acceptors (Lipinski definition) is 2. The van der Waals surface area contributed by atoms with Crippen LogP contribution in [0.1, 0.15) is 43.9 Å². The van der Waals surface area contributed by atoms with Gasteiger partial charge in [0.25, 0.3) is 0 Å². The van der Waals surface area contributed by atoms with E-state index < -0.39 is 0 Å². The van der Waals surface area contributed by atoms with Gasteiger partial charge in [0.1, 0.15) is 0 Å². The van der Waals surface area contributed by atoms with Gasteiger partial charge in [0.15, 0.2) is 5.78 Å². The first kappa shape index (κ1) is 21.3. The van der Waals surface area contributed by atoms with Crippen molar-refractivity contribution in [1.82, 2.24) is 4.90 Å². The Morgan fingerprint density at radius 2 is 1.87 bits per heavy atom. The van der Waals surface area contributed by atoms with E-state index >= 15 is 0 Å². The minimum atomic E-state index is 0.0159. The van der Waals surface area contributed by atoms with E-state index in [1.807, 2.05) is 42.3 Å². The Balaban J connectivity index is 2.15. The standard InChI is InChI=1S/C28H29NO/c1-7-22-13-14-24(17-23(22)8-2)27-16-19(4)10-15-26(27)25-12-11-20(5)29(18-25)28(9-3)21(6)30/h7-15,17-19H,1-2,5,16H2,3-4,6H3/b28-9-. The maximum atomic E-state index is 12.1. The third-order valence-corrected chi connectivity index (χ3v) is 5.56. The molecule has 152 valence electrons. The van der Waals surface area contributed by atoms with Gasteiger partial charge < -0.3 is 4.90 Å². The molecule has 30 heavy (non-hydrogen) atoms. The molecule has 2 aliphatic rings. The number of nitrogens with zero attached hydrogens (tertiary/aromatic N) is 1. The van der Waals surface area contributed by atoms with Gasteiger partial charge in [-0.25, -0.2) is 0 Å². The fraction of sp³-hybridized carbons (Fsp3) is 0.179. The van der Waals surface area contributed by atoms with Crippen LogP contribution >= 0.6 is 0 Å². The summed E-state index contributed by atoms with van der Waals surface area (Å²) in [6, 6.07) is 6.43. The second-order valence-electron chi connectivity index (χ2n) is 7.69. The number of hydrogen-bond donors (Lipinski definition) is 0. The lowest BCUT2D eigenvalue weighted by molar-refractivity contribution is -0.114. The minimum Gasteiger partial charge on any atom is -0.314 e. The van der Waals surface area contributed by atoms with E-state index in [1.165, 1.54) is 16.7 Å². The highest BCUT2D eigenvalue weighted by atomic mass is 16.1. The summed E-state index contributed by atoms with van der Waals surface area (Å²) in [6.45, 7) is 17.7. The smallest absolute Gasteiger partial charge is 0.176 e. The molecule has 3 rings (SSSR count). The summed E-state index contributed by atoms with van der Waals surface area (Å²) in [7, 11) is 0. The van der Waals surface area contributed by atoms with Crippen LogP contribution in [0.25, 0.3) is 17.7 Å². The van der Waals surface area contributed by atoms with Gasteiger partial charge in [-0.1, -0.05) is 75.2 Å². The van der Waals surface area contributed by atoms with E-state index in [9.17, 15) is 4.79 Å². The first-order chi connectivity index (χ1) is 14.4. The van der Waals surface area contributed by atoms with Crippen LogP contribution in [-0.4, -0.2) is 10.7 Å². The normalized spacial score (nSPS) is 19.1. The van der Waals surface area contributed by atoms with Gasteiger partial charge in [-0.3, -0.25) is 4.79 Å². The van der Waals surface area contributed by atoms with Crippen molar-refractivity contribution in [3.8, 4) is 0 Å². The quantitative estimate of drug-likeness (QED) is 0.479. The molecule has 1 aliphatic heterocycles. The molecule has 0 saturated carbocycles. The van der Waals surface area contributed by atoms with Crippen LogP contribution in [0.3, 0.4) is 0 Å². The average Bonchev–Trinajstić information content (AvgIpc) is 2.74. The second-order valence-corrected chi connectivity index (χ2v) is 7.69. The van der Waals surface area contributed by atoms with Crippen LogP contribution in [0.4, 0.5) is 0 Å². The zero-order valence-corrected chi connectivity index (χ0v) is 18.1. The molecule has 1 aromatic carbocycles. The third kappa shape index (κ3) is 4.13. The molecule has 0 aromatic heterocycles. The average molecular weight is 396 g/mol. The van der Waals surface area contributed by atoms with Crippen molar-refractivity contribution in [3.05, 3.63) is 114 Å². The molecule has 1 aromatic rings. The van der Waals surface area contributed by atoms with Crippen LogP contribution in [0, 0.1) is 5.92 Å². The predicted octanol–water partition coefficient (Wildman–Crippen LogP) is 7.08. The van der Waals surface area contributed by atoms with E-state index in [2.05, 4.69) is 63.1 Å². The van der Waals surface area contributed by atoms with Gasteiger partial charge in [-0.15, -0.1) is 0 Å². The van der Waals surface area contributed by atoms with Crippen molar-refractivity contribution < 1.29 is 4.79 Å². The Bertz CT molecular complexity index is 1070. The van der Waals surface area contributed by atoms with Crippen molar-refractivity contribution in [2.75, 3.05) is 0 Å². The van der Waals surface area contributed by atoms with Crippen molar-refractivity contribution in [1.29, 1.82) is 0 Å². The molecule has 0 saturated heterocycles. The van der Waals surface area contributed by atoms with E-state index in [4.69, 9.17) is 0 Å². The summed E-state index contributed by atoms with van der Waals surface area (Å²) >= 11 is 0. The zero-order valence-electron chi connectivity index (χ0n) is 18.1. The molecule has 2 nitrogen and oxygen atoms in total. The van der Waals surface area contributed by atoms with E-state index in [1.54, 1.807) is 6.92 Å². The van der Waals surface area contributed by atoms with Crippen LogP contribution in [0.5, 0.6) is 0 Å². The summed E-state index contributed by atoms with van der Waals surface area (Å²) in [4.78, 5) is 14.0. The molecule has 2 heteroatoms. The third-order valence-electron chi connectivity index (χ3n) is 5.56. The van der Waals surface area contributed by atoms with Gasteiger partial charge in [-0.2, -0.15) is 0 Å². The van der Waals surface area contributed by atoms with Crippen molar-refractivity contribution in [2.45, 2.75) is 27.2 Å². The molecule has 1 heterocycles. The second kappa shape index (κ2) is 8.96. The lowest BCUT2D eigenvalue weighted by atomic mass is 9.82. The molecule has 1 aliphatic carbocycles. The lowest BCUT2D eigenvalue weighted by Crippen LogP contribution is -2.22. The Morgan fingerprint density at radius 1 is 1.13 bits per heavy atom. The van der Waals surface area contributed by atoms with E-state index in [0.29, 0.717) is 11.6 Å².